The molecule has 0 radical (unpaired) electrons. The van der Waals surface area contributed by atoms with Crippen LogP contribution in [-0.2, 0) is 17.7 Å². The summed E-state index contributed by atoms with van der Waals surface area (Å²) in [6, 6.07) is 7.99. The second-order valence-electron chi connectivity index (χ2n) is 6.54. The number of rotatable bonds is 12. The van der Waals surface area contributed by atoms with Crippen molar-refractivity contribution in [1.29, 1.82) is 0 Å². The van der Waals surface area contributed by atoms with E-state index in [1.807, 2.05) is 37.4 Å². The van der Waals surface area contributed by atoms with Crippen molar-refractivity contribution in [2.75, 3.05) is 33.4 Å². The largest absolute Gasteiger partial charge is 0.497 e. The van der Waals surface area contributed by atoms with E-state index >= 15 is 0 Å². The lowest BCUT2D eigenvalue weighted by Gasteiger charge is -2.13. The summed E-state index contributed by atoms with van der Waals surface area (Å²) in [6.45, 7) is 7.88. The van der Waals surface area contributed by atoms with Gasteiger partial charge in [0.05, 0.1) is 19.9 Å². The molecule has 0 bridgehead atoms. The van der Waals surface area contributed by atoms with Crippen molar-refractivity contribution in [3.63, 3.8) is 0 Å². The van der Waals surface area contributed by atoms with Gasteiger partial charge < -0.3 is 20.1 Å². The second-order valence-corrected chi connectivity index (χ2v) is 6.54. The van der Waals surface area contributed by atoms with Gasteiger partial charge in [0.2, 0.25) is 0 Å². The maximum absolute atomic E-state index is 5.40. The first-order chi connectivity index (χ1) is 13.7. The zero-order valence-electron chi connectivity index (χ0n) is 17.7. The number of methoxy groups -OCH3 is 1. The van der Waals surface area contributed by atoms with E-state index in [9.17, 15) is 0 Å². The number of aliphatic imine (C=N–C) groups is 1. The molecule has 0 saturated carbocycles. The maximum atomic E-state index is 5.40. The van der Waals surface area contributed by atoms with Crippen LogP contribution in [-0.4, -0.2) is 49.6 Å². The molecule has 7 nitrogen and oxygen atoms in total. The molecular formula is C21H34IN5O2. The third kappa shape index (κ3) is 9.98. The van der Waals surface area contributed by atoms with Crippen molar-refractivity contribution < 1.29 is 9.47 Å². The van der Waals surface area contributed by atoms with Gasteiger partial charge in [0.1, 0.15) is 5.75 Å². The van der Waals surface area contributed by atoms with Crippen LogP contribution in [0.4, 0.5) is 0 Å². The molecule has 0 atom stereocenters. The number of guanidine groups is 1. The molecule has 1 aromatic carbocycles. The summed E-state index contributed by atoms with van der Waals surface area (Å²) in [6.07, 6.45) is 4.86. The van der Waals surface area contributed by atoms with Crippen LogP contribution in [0.3, 0.4) is 0 Å². The van der Waals surface area contributed by atoms with Crippen LogP contribution in [0.15, 0.2) is 35.5 Å². The van der Waals surface area contributed by atoms with Crippen LogP contribution in [0.25, 0.3) is 0 Å². The predicted molar refractivity (Wildman–Crippen MR) is 128 cm³/mol. The average molecular weight is 515 g/mol. The van der Waals surface area contributed by atoms with Crippen molar-refractivity contribution in [2.45, 2.75) is 39.7 Å². The highest BCUT2D eigenvalue weighted by Gasteiger charge is 2.02. The molecule has 29 heavy (non-hydrogen) atoms. The Kier molecular flexibility index (Phi) is 13.1. The van der Waals surface area contributed by atoms with E-state index in [0.717, 1.165) is 68.5 Å². The summed E-state index contributed by atoms with van der Waals surface area (Å²) in [5.41, 5.74) is 3.55. The Morgan fingerprint density at radius 3 is 2.48 bits per heavy atom. The smallest absolute Gasteiger partial charge is 0.191 e. The van der Waals surface area contributed by atoms with Crippen molar-refractivity contribution >= 4 is 29.9 Å². The van der Waals surface area contributed by atoms with Crippen molar-refractivity contribution in [1.82, 2.24) is 20.8 Å². The van der Waals surface area contributed by atoms with Gasteiger partial charge in [-0.2, -0.15) is 5.10 Å². The van der Waals surface area contributed by atoms with Crippen LogP contribution in [0.1, 0.15) is 36.6 Å². The van der Waals surface area contributed by atoms with Crippen LogP contribution >= 0.6 is 24.0 Å². The number of aromatic nitrogens is 2. The molecule has 3 N–H and O–H groups in total. The minimum Gasteiger partial charge on any atom is -0.497 e. The molecule has 0 amide bonds. The molecule has 0 unspecified atom stereocenters. The van der Waals surface area contributed by atoms with Crippen molar-refractivity contribution in [3.8, 4) is 5.75 Å². The standard InChI is InChI=1S/C21H33N5O2.HI/c1-4-28-14-6-13-23-21(22-12-5-7-19-16-25-26-17(19)2)24-15-18-8-10-20(27-3)11-9-18;/h8-11,16H,4-7,12-15H2,1-3H3,(H,25,26)(H2,22,23,24);1H. The van der Waals surface area contributed by atoms with Crippen molar-refractivity contribution in [2.24, 2.45) is 4.99 Å². The van der Waals surface area contributed by atoms with Crippen molar-refractivity contribution in [3.05, 3.63) is 47.3 Å². The summed E-state index contributed by atoms with van der Waals surface area (Å²) < 4.78 is 10.6. The minimum atomic E-state index is 0. The van der Waals surface area contributed by atoms with E-state index < -0.39 is 0 Å². The van der Waals surface area contributed by atoms with E-state index in [1.165, 1.54) is 5.56 Å². The summed E-state index contributed by atoms with van der Waals surface area (Å²) in [5.74, 6) is 1.69. The molecule has 0 saturated heterocycles. The first kappa shape index (κ1) is 25.2. The van der Waals surface area contributed by atoms with E-state index in [-0.39, 0.29) is 24.0 Å². The molecule has 162 valence electrons. The highest BCUT2D eigenvalue weighted by molar-refractivity contribution is 14.0. The summed E-state index contributed by atoms with van der Waals surface area (Å²) >= 11 is 0. The Morgan fingerprint density at radius 1 is 1.14 bits per heavy atom. The van der Waals surface area contributed by atoms with Gasteiger partial charge in [-0.15, -0.1) is 24.0 Å². The molecule has 2 rings (SSSR count). The number of nitrogens with zero attached hydrogens (tertiary/aromatic N) is 2. The number of hydrogen-bond acceptors (Lipinski definition) is 4. The van der Waals surface area contributed by atoms with Gasteiger partial charge >= 0.3 is 0 Å². The number of aryl methyl sites for hydroxylation is 2. The summed E-state index contributed by atoms with van der Waals surface area (Å²) in [5, 5.41) is 13.9. The first-order valence-corrected chi connectivity index (χ1v) is 9.94. The molecular weight excluding hydrogens is 481 g/mol. The normalized spacial score (nSPS) is 11.1. The van der Waals surface area contributed by atoms with E-state index in [1.54, 1.807) is 7.11 Å². The van der Waals surface area contributed by atoms with E-state index in [4.69, 9.17) is 14.5 Å². The molecule has 2 aromatic rings. The lowest BCUT2D eigenvalue weighted by Crippen LogP contribution is -2.38. The van der Waals surface area contributed by atoms with Crippen LogP contribution in [0.5, 0.6) is 5.75 Å². The Morgan fingerprint density at radius 2 is 1.86 bits per heavy atom. The molecule has 0 aliphatic heterocycles. The topological polar surface area (TPSA) is 83.6 Å². The number of benzene rings is 1. The number of nitrogens with one attached hydrogen (secondary N) is 3. The fourth-order valence-electron chi connectivity index (χ4n) is 2.71. The third-order valence-electron chi connectivity index (χ3n) is 4.39. The van der Waals surface area contributed by atoms with Crippen LogP contribution in [0.2, 0.25) is 0 Å². The van der Waals surface area contributed by atoms with Gasteiger partial charge in [-0.05, 0) is 56.4 Å². The summed E-state index contributed by atoms with van der Waals surface area (Å²) in [7, 11) is 1.67. The maximum Gasteiger partial charge on any atom is 0.191 e. The zero-order valence-corrected chi connectivity index (χ0v) is 20.0. The van der Waals surface area contributed by atoms with Gasteiger partial charge in [0, 0.05) is 32.0 Å². The molecule has 0 fully saturated rings. The molecule has 1 aromatic heterocycles. The highest BCUT2D eigenvalue weighted by Crippen LogP contribution is 2.11. The van der Waals surface area contributed by atoms with Crippen LogP contribution in [0, 0.1) is 6.92 Å². The van der Waals surface area contributed by atoms with Gasteiger partial charge in [-0.1, -0.05) is 12.1 Å². The van der Waals surface area contributed by atoms with E-state index in [2.05, 4.69) is 27.8 Å². The zero-order chi connectivity index (χ0) is 20.0. The third-order valence-corrected chi connectivity index (χ3v) is 4.39. The SMILES string of the molecule is CCOCCCNC(=NCc1ccc(OC)cc1)NCCCc1cn[nH]c1C.I. The Labute approximate surface area is 191 Å². The first-order valence-electron chi connectivity index (χ1n) is 9.94. The minimum absolute atomic E-state index is 0. The fourth-order valence-corrected chi connectivity index (χ4v) is 2.71. The second kappa shape index (κ2) is 15.1. The van der Waals surface area contributed by atoms with Gasteiger partial charge in [-0.25, -0.2) is 4.99 Å². The Bertz CT molecular complexity index is 703. The lowest BCUT2D eigenvalue weighted by molar-refractivity contribution is 0.145. The van der Waals surface area contributed by atoms with Gasteiger partial charge in [0.25, 0.3) is 0 Å². The quantitative estimate of drug-likeness (QED) is 0.175. The molecule has 0 aliphatic rings. The fraction of sp³-hybridized carbons (Fsp3) is 0.524. The number of aromatic amines is 1. The molecule has 0 aliphatic carbocycles. The Hall–Kier alpha value is -1.81. The summed E-state index contributed by atoms with van der Waals surface area (Å²) in [4.78, 5) is 4.71. The average Bonchev–Trinajstić information content (AvgIpc) is 3.13. The number of hydrogen-bond donors (Lipinski definition) is 3. The molecule has 1 heterocycles. The molecule has 8 heteroatoms. The number of ether oxygens (including phenoxy) is 2. The Balaban J connectivity index is 0.00000420. The monoisotopic (exact) mass is 515 g/mol. The van der Waals surface area contributed by atoms with Gasteiger partial charge in [-0.3, -0.25) is 5.10 Å². The number of halogens is 1. The predicted octanol–water partition coefficient (Wildman–Crippen LogP) is 3.44. The van der Waals surface area contributed by atoms with E-state index in [0.29, 0.717) is 6.54 Å². The molecule has 0 spiro atoms. The van der Waals surface area contributed by atoms with Crippen LogP contribution < -0.4 is 15.4 Å². The lowest BCUT2D eigenvalue weighted by atomic mass is 10.1. The van der Waals surface area contributed by atoms with Gasteiger partial charge in [0.15, 0.2) is 5.96 Å². The number of H-pyrrole nitrogens is 1. The highest BCUT2D eigenvalue weighted by atomic mass is 127.